The van der Waals surface area contributed by atoms with Gasteiger partial charge in [0.15, 0.2) is 11.6 Å². The number of ether oxygens (including phenoxy) is 2. The molecular formula is C22H23FN6O3. The summed E-state index contributed by atoms with van der Waals surface area (Å²) in [6, 6.07) is 10.3. The highest BCUT2D eigenvalue weighted by molar-refractivity contribution is 6.04. The standard InChI is InChI=1S/C22H23FN6O3/c1-4-20(25-24-18-11-12-31-21-15(18)8-6-9-17(21)23)32-13-16-14(2)7-5-10-19(16)29-22(30)28(3)26-27-29/h5-10H,4,11-13H2,1-3H3/b24-18-,25-20-. The molecule has 0 radical (unpaired) electrons. The molecule has 0 unspecified atom stereocenters. The quantitative estimate of drug-likeness (QED) is 0.347. The average Bonchev–Trinajstić information content (AvgIpc) is 3.13. The Labute approximate surface area is 183 Å². The van der Waals surface area contributed by atoms with Crippen LogP contribution in [0.25, 0.3) is 5.69 Å². The average molecular weight is 438 g/mol. The van der Waals surface area contributed by atoms with Crippen molar-refractivity contribution in [1.29, 1.82) is 0 Å². The Morgan fingerprint density at radius 1 is 1.25 bits per heavy atom. The first-order chi connectivity index (χ1) is 15.5. The van der Waals surface area contributed by atoms with Gasteiger partial charge in [-0.1, -0.05) is 25.1 Å². The van der Waals surface area contributed by atoms with Crippen LogP contribution < -0.4 is 10.4 Å². The first kappa shape index (κ1) is 21.4. The molecule has 10 heteroatoms. The molecule has 2 aromatic carbocycles. The maximum Gasteiger partial charge on any atom is 0.368 e. The van der Waals surface area contributed by atoms with E-state index in [1.165, 1.54) is 10.7 Å². The number of halogens is 1. The number of aryl methyl sites for hydroxylation is 2. The summed E-state index contributed by atoms with van der Waals surface area (Å²) in [5.41, 5.74) is 3.22. The molecule has 0 aliphatic carbocycles. The van der Waals surface area contributed by atoms with Crippen LogP contribution in [0.5, 0.6) is 5.75 Å². The molecule has 1 aromatic heterocycles. The Hall–Kier alpha value is -3.82. The number of aromatic nitrogens is 4. The molecule has 0 amide bonds. The molecule has 0 saturated heterocycles. The van der Waals surface area contributed by atoms with Gasteiger partial charge in [0.05, 0.1) is 18.0 Å². The zero-order valence-corrected chi connectivity index (χ0v) is 18.1. The van der Waals surface area contributed by atoms with Gasteiger partial charge in [-0.2, -0.15) is 14.5 Å². The van der Waals surface area contributed by atoms with Gasteiger partial charge in [0.1, 0.15) is 6.61 Å². The van der Waals surface area contributed by atoms with E-state index >= 15 is 0 Å². The fraction of sp³-hybridized carbons (Fsp3) is 0.318. The molecule has 1 aliphatic heterocycles. The van der Waals surface area contributed by atoms with E-state index in [4.69, 9.17) is 9.47 Å². The van der Waals surface area contributed by atoms with Gasteiger partial charge >= 0.3 is 5.69 Å². The zero-order valence-electron chi connectivity index (χ0n) is 18.1. The normalized spacial score (nSPS) is 14.9. The predicted octanol–water partition coefficient (Wildman–Crippen LogP) is 2.93. The molecule has 4 rings (SSSR count). The number of para-hydroxylation sites is 1. The van der Waals surface area contributed by atoms with Crippen molar-refractivity contribution in [3.8, 4) is 11.4 Å². The third-order valence-corrected chi connectivity index (χ3v) is 5.17. The highest BCUT2D eigenvalue weighted by atomic mass is 19.1. The van der Waals surface area contributed by atoms with E-state index in [2.05, 4.69) is 20.6 Å². The van der Waals surface area contributed by atoms with Crippen LogP contribution in [-0.2, 0) is 18.4 Å². The van der Waals surface area contributed by atoms with Crippen molar-refractivity contribution in [3.63, 3.8) is 0 Å². The second kappa shape index (κ2) is 9.13. The topological polar surface area (TPSA) is 95.9 Å². The van der Waals surface area contributed by atoms with E-state index in [0.29, 0.717) is 42.3 Å². The molecule has 0 N–H and O–H groups in total. The number of benzene rings is 2. The lowest BCUT2D eigenvalue weighted by molar-refractivity contribution is 0.282. The van der Waals surface area contributed by atoms with Crippen LogP contribution >= 0.6 is 0 Å². The van der Waals surface area contributed by atoms with Crippen molar-refractivity contribution in [1.82, 2.24) is 19.8 Å². The van der Waals surface area contributed by atoms with Gasteiger partial charge in [0, 0.05) is 31.0 Å². The smallest absolute Gasteiger partial charge is 0.368 e. The largest absolute Gasteiger partial charge is 0.489 e. The Bertz CT molecular complexity index is 1260. The van der Waals surface area contributed by atoms with Gasteiger partial charge in [-0.05, 0) is 41.1 Å². The second-order valence-electron chi connectivity index (χ2n) is 7.27. The van der Waals surface area contributed by atoms with Gasteiger partial charge < -0.3 is 9.47 Å². The number of tetrazole rings is 1. The number of nitrogens with zero attached hydrogens (tertiary/aromatic N) is 6. The lowest BCUT2D eigenvalue weighted by Crippen LogP contribution is -2.23. The minimum absolute atomic E-state index is 0.177. The zero-order chi connectivity index (χ0) is 22.7. The molecule has 0 atom stereocenters. The maximum absolute atomic E-state index is 14.0. The summed E-state index contributed by atoms with van der Waals surface area (Å²) in [6.45, 7) is 4.35. The molecule has 9 nitrogen and oxygen atoms in total. The SMILES string of the molecule is CC/C(=N/N=C1/CCOc2c(F)cccc21)OCc1c(C)cccc1-n1nnn(C)c1=O. The van der Waals surface area contributed by atoms with Crippen molar-refractivity contribution in [2.75, 3.05) is 6.61 Å². The molecule has 0 fully saturated rings. The van der Waals surface area contributed by atoms with Gasteiger partial charge in [0.25, 0.3) is 0 Å². The summed E-state index contributed by atoms with van der Waals surface area (Å²) in [5, 5.41) is 16.3. The molecule has 0 bridgehead atoms. The molecular weight excluding hydrogens is 415 g/mol. The van der Waals surface area contributed by atoms with E-state index < -0.39 is 5.82 Å². The maximum atomic E-state index is 14.0. The lowest BCUT2D eigenvalue weighted by atomic mass is 10.0. The fourth-order valence-corrected chi connectivity index (χ4v) is 3.38. The van der Waals surface area contributed by atoms with Crippen LogP contribution in [-0.4, -0.2) is 38.0 Å². The Morgan fingerprint density at radius 2 is 2.06 bits per heavy atom. The Balaban J connectivity index is 1.59. The van der Waals surface area contributed by atoms with Gasteiger partial charge in [-0.15, -0.1) is 5.10 Å². The van der Waals surface area contributed by atoms with Gasteiger partial charge in [0.2, 0.25) is 5.90 Å². The van der Waals surface area contributed by atoms with E-state index in [9.17, 15) is 9.18 Å². The van der Waals surface area contributed by atoms with Crippen LogP contribution in [0, 0.1) is 12.7 Å². The minimum atomic E-state index is -0.419. The third-order valence-electron chi connectivity index (χ3n) is 5.17. The third kappa shape index (κ3) is 4.16. The molecule has 0 saturated carbocycles. The van der Waals surface area contributed by atoms with E-state index in [1.54, 1.807) is 25.2 Å². The van der Waals surface area contributed by atoms with Crippen molar-refractivity contribution < 1.29 is 13.9 Å². The Morgan fingerprint density at radius 3 is 2.81 bits per heavy atom. The summed E-state index contributed by atoms with van der Waals surface area (Å²) in [5.74, 6) is 0.199. The minimum Gasteiger partial charge on any atom is -0.489 e. The first-order valence-electron chi connectivity index (χ1n) is 10.2. The highest BCUT2D eigenvalue weighted by Gasteiger charge is 2.20. The molecule has 1 aliphatic rings. The summed E-state index contributed by atoms with van der Waals surface area (Å²) in [7, 11) is 1.54. The summed E-state index contributed by atoms with van der Waals surface area (Å²) in [6.07, 6.45) is 1.03. The summed E-state index contributed by atoms with van der Waals surface area (Å²) in [4.78, 5) is 12.3. The monoisotopic (exact) mass is 438 g/mol. The highest BCUT2D eigenvalue weighted by Crippen LogP contribution is 2.28. The van der Waals surface area contributed by atoms with E-state index in [1.807, 2.05) is 26.0 Å². The number of hydrogen-bond donors (Lipinski definition) is 0. The van der Waals surface area contributed by atoms with Crippen LogP contribution in [0.1, 0.15) is 36.5 Å². The fourth-order valence-electron chi connectivity index (χ4n) is 3.38. The molecule has 32 heavy (non-hydrogen) atoms. The molecule has 3 aromatic rings. The Kier molecular flexibility index (Phi) is 6.11. The summed E-state index contributed by atoms with van der Waals surface area (Å²) < 4.78 is 27.8. The van der Waals surface area contributed by atoms with Crippen molar-refractivity contribution >= 4 is 11.6 Å². The van der Waals surface area contributed by atoms with Crippen molar-refractivity contribution in [2.24, 2.45) is 17.3 Å². The number of fused-ring (bicyclic) bond motifs is 1. The predicted molar refractivity (Wildman–Crippen MR) is 117 cm³/mol. The van der Waals surface area contributed by atoms with E-state index in [-0.39, 0.29) is 18.0 Å². The second-order valence-corrected chi connectivity index (χ2v) is 7.27. The molecule has 0 spiro atoms. The van der Waals surface area contributed by atoms with Gasteiger partial charge in [-0.3, -0.25) is 0 Å². The number of hydrogen-bond acceptors (Lipinski definition) is 7. The molecule has 166 valence electrons. The molecule has 2 heterocycles. The van der Waals surface area contributed by atoms with Crippen LogP contribution in [0.4, 0.5) is 4.39 Å². The van der Waals surface area contributed by atoms with Gasteiger partial charge in [-0.25, -0.2) is 9.18 Å². The lowest BCUT2D eigenvalue weighted by Gasteiger charge is -2.18. The van der Waals surface area contributed by atoms with Crippen LogP contribution in [0.3, 0.4) is 0 Å². The summed E-state index contributed by atoms with van der Waals surface area (Å²) >= 11 is 0. The van der Waals surface area contributed by atoms with E-state index in [0.717, 1.165) is 15.8 Å². The number of rotatable bonds is 5. The van der Waals surface area contributed by atoms with Crippen LogP contribution in [0.2, 0.25) is 0 Å². The van der Waals surface area contributed by atoms with Crippen molar-refractivity contribution in [2.45, 2.75) is 33.3 Å². The van der Waals surface area contributed by atoms with Crippen LogP contribution in [0.15, 0.2) is 51.4 Å². The first-order valence-corrected chi connectivity index (χ1v) is 10.2. The van der Waals surface area contributed by atoms with Crippen molar-refractivity contribution in [3.05, 3.63) is 69.4 Å².